The van der Waals surface area contributed by atoms with Crippen molar-refractivity contribution in [2.75, 3.05) is 7.11 Å². The van der Waals surface area contributed by atoms with Crippen LogP contribution >= 0.6 is 0 Å². The highest BCUT2D eigenvalue weighted by Gasteiger charge is 2.44. The van der Waals surface area contributed by atoms with Crippen molar-refractivity contribution in [3.8, 4) is 11.5 Å². The number of benzene rings is 1. The minimum Gasteiger partial charge on any atom is -0.507 e. The van der Waals surface area contributed by atoms with Crippen molar-refractivity contribution in [2.24, 2.45) is 5.92 Å². The van der Waals surface area contributed by atoms with Crippen LogP contribution in [0.1, 0.15) is 48.0 Å². The molecule has 7 heteroatoms. The molecule has 0 saturated heterocycles. The number of phenolic OH excluding ortho intramolecular Hbond substituents is 1. The average Bonchev–Trinajstić information content (AvgIpc) is 3.38. The number of aromatic hydroxyl groups is 1. The molecule has 1 saturated carbocycles. The lowest BCUT2D eigenvalue weighted by atomic mass is 9.97. The zero-order chi connectivity index (χ0) is 19.7. The lowest BCUT2D eigenvalue weighted by molar-refractivity contribution is -0.128. The molecule has 3 unspecified atom stereocenters. The fraction of sp³-hybridized carbons (Fsp3) is 0.500. The van der Waals surface area contributed by atoms with Gasteiger partial charge in [-0.3, -0.25) is 4.79 Å². The Morgan fingerprint density at radius 1 is 1.19 bits per heavy atom. The molecule has 0 radical (unpaired) electrons. The Labute approximate surface area is 157 Å². The standard InChI is InChI=1S/C20H24O7/c1-10-4-3-5-15(21)19(24)17(23)7-11-6-13(11)14-8-12(26-2)9-16(22)18(14)20(25)27-10/h3,5,8-11,13,17,19,22-24H,4,6-7H2,1-2H3/b5-3-/t10-,11?,13?,17?,19+/m0/s1. The summed E-state index contributed by atoms with van der Waals surface area (Å²) in [7, 11) is 1.47. The molecular weight excluding hydrogens is 352 g/mol. The van der Waals surface area contributed by atoms with E-state index in [1.807, 2.05) is 0 Å². The fourth-order valence-electron chi connectivity index (χ4n) is 3.54. The van der Waals surface area contributed by atoms with E-state index in [2.05, 4.69) is 0 Å². The van der Waals surface area contributed by atoms with Gasteiger partial charge in [0.2, 0.25) is 0 Å². The van der Waals surface area contributed by atoms with Crippen LogP contribution in [-0.2, 0) is 9.53 Å². The number of methoxy groups -OCH3 is 1. The number of phenols is 1. The number of rotatable bonds is 1. The first-order valence-electron chi connectivity index (χ1n) is 9.00. The molecule has 5 atom stereocenters. The van der Waals surface area contributed by atoms with Gasteiger partial charge in [0.15, 0.2) is 5.78 Å². The molecule has 3 rings (SSSR count). The van der Waals surface area contributed by atoms with Crippen LogP contribution in [0.4, 0.5) is 0 Å². The van der Waals surface area contributed by atoms with E-state index in [0.717, 1.165) is 0 Å². The first-order valence-corrected chi connectivity index (χ1v) is 9.00. The second-order valence-electron chi connectivity index (χ2n) is 7.22. The summed E-state index contributed by atoms with van der Waals surface area (Å²) in [6.45, 7) is 1.67. The zero-order valence-corrected chi connectivity index (χ0v) is 15.3. The zero-order valence-electron chi connectivity index (χ0n) is 15.3. The maximum Gasteiger partial charge on any atom is 0.342 e. The van der Waals surface area contributed by atoms with E-state index < -0.39 is 30.1 Å². The normalized spacial score (nSPS) is 32.5. The summed E-state index contributed by atoms with van der Waals surface area (Å²) < 4.78 is 10.6. The molecule has 0 bridgehead atoms. The summed E-state index contributed by atoms with van der Waals surface area (Å²) >= 11 is 0. The quantitative estimate of drug-likeness (QED) is 0.639. The molecule has 146 valence electrons. The van der Waals surface area contributed by atoms with Crippen molar-refractivity contribution in [3.05, 3.63) is 35.4 Å². The third-order valence-corrected chi connectivity index (χ3v) is 5.14. The van der Waals surface area contributed by atoms with Crippen molar-refractivity contribution in [2.45, 2.75) is 50.4 Å². The topological polar surface area (TPSA) is 113 Å². The number of hydrogen-bond donors (Lipinski definition) is 3. The summed E-state index contributed by atoms with van der Waals surface area (Å²) in [4.78, 5) is 24.6. The fourth-order valence-corrected chi connectivity index (χ4v) is 3.54. The van der Waals surface area contributed by atoms with Crippen molar-refractivity contribution in [1.82, 2.24) is 0 Å². The van der Waals surface area contributed by atoms with Crippen molar-refractivity contribution < 1.29 is 34.4 Å². The number of cyclic esters (lactones) is 1. The van der Waals surface area contributed by atoms with E-state index in [4.69, 9.17) is 9.47 Å². The lowest BCUT2D eigenvalue weighted by Crippen LogP contribution is -2.33. The van der Waals surface area contributed by atoms with Crippen LogP contribution in [0.15, 0.2) is 24.3 Å². The number of aliphatic hydroxyl groups excluding tert-OH is 2. The molecule has 1 aromatic carbocycles. The van der Waals surface area contributed by atoms with Gasteiger partial charge >= 0.3 is 5.97 Å². The third-order valence-electron chi connectivity index (χ3n) is 5.14. The Balaban J connectivity index is 1.98. The largest absolute Gasteiger partial charge is 0.507 e. The van der Waals surface area contributed by atoms with Crippen LogP contribution in [0.3, 0.4) is 0 Å². The smallest absolute Gasteiger partial charge is 0.342 e. The molecule has 0 spiro atoms. The maximum atomic E-state index is 12.6. The van der Waals surface area contributed by atoms with Crippen LogP contribution < -0.4 is 4.74 Å². The van der Waals surface area contributed by atoms with E-state index in [0.29, 0.717) is 17.7 Å². The molecule has 1 heterocycles. The maximum absolute atomic E-state index is 12.6. The SMILES string of the molecule is COc1cc(O)c2c(c1)C1CC1CC(O)[C@H](O)C(=O)/C=C\C[C@H](C)OC2=O. The van der Waals surface area contributed by atoms with E-state index in [1.54, 1.807) is 13.0 Å². The molecule has 0 aromatic heterocycles. The van der Waals surface area contributed by atoms with Gasteiger partial charge in [-0.05, 0) is 49.3 Å². The van der Waals surface area contributed by atoms with Gasteiger partial charge in [-0.1, -0.05) is 6.08 Å². The molecule has 2 aliphatic rings. The Morgan fingerprint density at radius 2 is 1.93 bits per heavy atom. The van der Waals surface area contributed by atoms with Gasteiger partial charge in [0, 0.05) is 12.5 Å². The number of hydrogen-bond acceptors (Lipinski definition) is 7. The highest BCUT2D eigenvalue weighted by Crippen LogP contribution is 2.53. The Hall–Kier alpha value is -2.38. The second kappa shape index (κ2) is 7.70. The average molecular weight is 376 g/mol. The van der Waals surface area contributed by atoms with Gasteiger partial charge in [-0.2, -0.15) is 0 Å². The molecule has 1 aromatic rings. The van der Waals surface area contributed by atoms with Gasteiger partial charge in [0.25, 0.3) is 0 Å². The van der Waals surface area contributed by atoms with Crippen LogP contribution in [0, 0.1) is 5.92 Å². The first-order chi connectivity index (χ1) is 12.8. The highest BCUT2D eigenvalue weighted by molar-refractivity contribution is 5.95. The second-order valence-corrected chi connectivity index (χ2v) is 7.22. The van der Waals surface area contributed by atoms with Crippen molar-refractivity contribution in [3.63, 3.8) is 0 Å². The summed E-state index contributed by atoms with van der Waals surface area (Å²) in [5.41, 5.74) is 0.692. The minimum absolute atomic E-state index is 0.0233. The van der Waals surface area contributed by atoms with Gasteiger partial charge < -0.3 is 24.8 Å². The summed E-state index contributed by atoms with van der Waals surface area (Å²) in [6.07, 6.45) is 0.634. The van der Waals surface area contributed by atoms with Gasteiger partial charge in [-0.25, -0.2) is 4.79 Å². The summed E-state index contributed by atoms with van der Waals surface area (Å²) in [6, 6.07) is 3.05. The van der Waals surface area contributed by atoms with Gasteiger partial charge in [0.1, 0.15) is 29.3 Å². The number of ether oxygens (including phenoxy) is 2. The number of esters is 1. The summed E-state index contributed by atoms with van der Waals surface area (Å²) in [5.74, 6) is -1.14. The number of carbonyl (C=O) groups is 2. The first kappa shape index (κ1) is 19.4. The van der Waals surface area contributed by atoms with Crippen LogP contribution in [0.2, 0.25) is 0 Å². The molecule has 1 fully saturated rings. The predicted molar refractivity (Wildman–Crippen MR) is 95.8 cm³/mol. The lowest BCUT2D eigenvalue weighted by Gasteiger charge is -2.18. The molecule has 3 N–H and O–H groups in total. The minimum atomic E-state index is -1.48. The van der Waals surface area contributed by atoms with Crippen molar-refractivity contribution in [1.29, 1.82) is 0 Å². The van der Waals surface area contributed by atoms with E-state index in [-0.39, 0.29) is 36.0 Å². The van der Waals surface area contributed by atoms with Gasteiger partial charge in [0.05, 0.1) is 13.2 Å². The monoisotopic (exact) mass is 376 g/mol. The van der Waals surface area contributed by atoms with E-state index in [9.17, 15) is 24.9 Å². The molecule has 1 aliphatic carbocycles. The van der Waals surface area contributed by atoms with Crippen LogP contribution in [0.25, 0.3) is 0 Å². The molecule has 0 amide bonds. The predicted octanol–water partition coefficient (Wildman–Crippen LogP) is 1.69. The van der Waals surface area contributed by atoms with E-state index >= 15 is 0 Å². The van der Waals surface area contributed by atoms with Gasteiger partial charge in [-0.15, -0.1) is 0 Å². The molecule has 1 aliphatic heterocycles. The number of ketones is 1. The molecule has 7 nitrogen and oxygen atoms in total. The molecular formula is C20H24O7. The van der Waals surface area contributed by atoms with Crippen molar-refractivity contribution >= 4 is 11.8 Å². The molecule has 27 heavy (non-hydrogen) atoms. The number of aliphatic hydroxyl groups is 2. The number of fused-ring (bicyclic) bond motifs is 3. The third kappa shape index (κ3) is 4.14. The van der Waals surface area contributed by atoms with Crippen LogP contribution in [-0.4, -0.2) is 52.5 Å². The van der Waals surface area contributed by atoms with Crippen LogP contribution in [0.5, 0.6) is 11.5 Å². The Morgan fingerprint density at radius 3 is 2.63 bits per heavy atom. The summed E-state index contributed by atoms with van der Waals surface area (Å²) in [5, 5.41) is 30.6. The van der Waals surface area contributed by atoms with E-state index in [1.165, 1.54) is 25.3 Å². The Bertz CT molecular complexity index is 770. The highest BCUT2D eigenvalue weighted by atomic mass is 16.5. The number of carbonyl (C=O) groups excluding carboxylic acids is 2. The Kier molecular flexibility index (Phi) is 5.53.